The number of ketones is 1. The van der Waals surface area contributed by atoms with Crippen LogP contribution in [-0.2, 0) is 13.6 Å². The Bertz CT molecular complexity index is 756. The van der Waals surface area contributed by atoms with Crippen LogP contribution < -0.4 is 0 Å². The number of hydrogen-bond donors (Lipinski definition) is 0. The van der Waals surface area contributed by atoms with Crippen LogP contribution in [0.2, 0.25) is 36.3 Å². The van der Waals surface area contributed by atoms with Crippen molar-refractivity contribution in [1.82, 2.24) is 0 Å². The minimum Gasteiger partial charge on any atom is -0.414 e. The molecule has 0 spiro atoms. The van der Waals surface area contributed by atoms with Crippen molar-refractivity contribution in [1.29, 1.82) is 0 Å². The van der Waals surface area contributed by atoms with Gasteiger partial charge in [-0.15, -0.1) is 0 Å². The average Bonchev–Trinajstić information content (AvgIpc) is 2.61. The predicted molar refractivity (Wildman–Crippen MR) is 140 cm³/mol. The largest absolute Gasteiger partial charge is 0.414 e. The van der Waals surface area contributed by atoms with Gasteiger partial charge in [0.1, 0.15) is 0 Å². The fraction of sp³-hybridized carbons (Fsp3) is 0.889. The van der Waals surface area contributed by atoms with E-state index in [4.69, 9.17) is 8.85 Å². The fourth-order valence-electron chi connectivity index (χ4n) is 5.90. The number of carbonyl (C=O) groups is 1. The molecule has 0 amide bonds. The average molecular weight is 479 g/mol. The fourth-order valence-corrected chi connectivity index (χ4v) is 8.68. The van der Waals surface area contributed by atoms with Crippen molar-refractivity contribution in [2.75, 3.05) is 0 Å². The van der Waals surface area contributed by atoms with Gasteiger partial charge in [0.15, 0.2) is 22.4 Å². The Kier molecular flexibility index (Phi) is 6.97. The van der Waals surface area contributed by atoms with E-state index in [0.717, 1.165) is 32.1 Å². The first-order valence-corrected chi connectivity index (χ1v) is 18.8. The molecule has 5 heteroatoms. The van der Waals surface area contributed by atoms with Gasteiger partial charge in [0.25, 0.3) is 0 Å². The number of fused-ring (bicyclic) bond motifs is 3. The molecule has 3 aliphatic rings. The Labute approximate surface area is 200 Å². The van der Waals surface area contributed by atoms with Gasteiger partial charge in [-0.2, -0.15) is 0 Å². The molecule has 0 bridgehead atoms. The Hall–Kier alpha value is -0.236. The monoisotopic (exact) mass is 478 g/mol. The summed E-state index contributed by atoms with van der Waals surface area (Å²) in [4.78, 5) is 12.3. The lowest BCUT2D eigenvalue weighted by Gasteiger charge is -2.59. The van der Waals surface area contributed by atoms with E-state index < -0.39 is 16.6 Å². The molecule has 3 rings (SSSR count). The quantitative estimate of drug-likeness (QED) is 0.385. The summed E-state index contributed by atoms with van der Waals surface area (Å²) < 4.78 is 14.3. The molecule has 0 radical (unpaired) electrons. The van der Waals surface area contributed by atoms with Gasteiger partial charge < -0.3 is 8.85 Å². The van der Waals surface area contributed by atoms with Gasteiger partial charge in [-0.25, -0.2) is 0 Å². The van der Waals surface area contributed by atoms with Gasteiger partial charge in [-0.1, -0.05) is 54.0 Å². The number of carbonyl (C=O) groups excluding carboxylic acids is 1. The van der Waals surface area contributed by atoms with Crippen LogP contribution in [0, 0.1) is 17.3 Å². The van der Waals surface area contributed by atoms with E-state index >= 15 is 0 Å². The summed E-state index contributed by atoms with van der Waals surface area (Å²) in [6, 6.07) is 0. The van der Waals surface area contributed by atoms with Crippen molar-refractivity contribution in [2.24, 2.45) is 17.3 Å². The highest BCUT2D eigenvalue weighted by molar-refractivity contribution is 6.74. The molecular weight excluding hydrogens is 428 g/mol. The van der Waals surface area contributed by atoms with E-state index in [1.54, 1.807) is 0 Å². The summed E-state index contributed by atoms with van der Waals surface area (Å²) in [7, 11) is -3.74. The number of rotatable bonds is 4. The second-order valence-corrected chi connectivity index (χ2v) is 23.7. The Balaban J connectivity index is 1.98. The molecular formula is C27H50O3Si2. The molecule has 0 aliphatic heterocycles. The minimum absolute atomic E-state index is 0.0688. The molecule has 2 fully saturated rings. The molecule has 0 aromatic rings. The van der Waals surface area contributed by atoms with E-state index in [9.17, 15) is 4.79 Å². The van der Waals surface area contributed by atoms with E-state index in [-0.39, 0.29) is 21.6 Å². The lowest BCUT2D eigenvalue weighted by atomic mass is 9.52. The molecule has 3 nitrogen and oxygen atoms in total. The van der Waals surface area contributed by atoms with E-state index in [1.807, 2.05) is 6.08 Å². The van der Waals surface area contributed by atoms with Crippen molar-refractivity contribution < 1.29 is 13.6 Å². The molecule has 0 heterocycles. The van der Waals surface area contributed by atoms with Gasteiger partial charge in [-0.3, -0.25) is 4.79 Å². The highest BCUT2D eigenvalue weighted by atomic mass is 28.4. The van der Waals surface area contributed by atoms with Crippen LogP contribution in [0.15, 0.2) is 11.6 Å². The van der Waals surface area contributed by atoms with E-state index in [0.29, 0.717) is 30.1 Å². The zero-order valence-electron chi connectivity index (χ0n) is 22.9. The molecule has 0 aromatic heterocycles. The summed E-state index contributed by atoms with van der Waals surface area (Å²) in [6.45, 7) is 26.1. The van der Waals surface area contributed by atoms with Crippen LogP contribution in [0.5, 0.6) is 0 Å². The topological polar surface area (TPSA) is 35.5 Å². The first-order chi connectivity index (χ1) is 14.4. The lowest BCUT2D eigenvalue weighted by Crippen LogP contribution is -2.59. The molecule has 0 saturated heterocycles. The first kappa shape index (κ1) is 26.4. The van der Waals surface area contributed by atoms with Crippen molar-refractivity contribution in [3.05, 3.63) is 11.6 Å². The SMILES string of the molecule is CC12CCC(=O)C=C1CCC1C(O[Si](C)(C)C(C)(C)C)CCC(O[Si](C)(C)C(C)(C)C)C12. The molecule has 0 aromatic carbocycles. The Morgan fingerprint density at radius 3 is 1.88 bits per heavy atom. The Morgan fingerprint density at radius 2 is 1.34 bits per heavy atom. The van der Waals surface area contributed by atoms with Crippen LogP contribution in [0.4, 0.5) is 0 Å². The standard InChI is InChI=1S/C27H50O3Si2/c1-25(2,3)31(8,9)29-22-14-15-23(30-32(10,11)26(4,5)6)24-21(22)13-12-19-18-20(28)16-17-27(19,24)7/h18,21-24H,12-17H2,1-11H3. The normalized spacial score (nSPS) is 34.6. The van der Waals surface area contributed by atoms with Crippen molar-refractivity contribution >= 4 is 22.4 Å². The zero-order chi connectivity index (χ0) is 24.3. The van der Waals surface area contributed by atoms with Gasteiger partial charge in [-0.05, 0) is 91.7 Å². The predicted octanol–water partition coefficient (Wildman–Crippen LogP) is 7.88. The van der Waals surface area contributed by atoms with Crippen molar-refractivity contribution in [2.45, 2.75) is 135 Å². The van der Waals surface area contributed by atoms with Crippen LogP contribution in [-0.4, -0.2) is 34.6 Å². The second-order valence-electron chi connectivity index (χ2n) is 14.2. The smallest absolute Gasteiger partial charge is 0.192 e. The number of allylic oxidation sites excluding steroid dienone is 2. The third-order valence-corrected chi connectivity index (χ3v) is 19.0. The van der Waals surface area contributed by atoms with Gasteiger partial charge in [0.05, 0.1) is 0 Å². The van der Waals surface area contributed by atoms with Crippen molar-refractivity contribution in [3.63, 3.8) is 0 Å². The zero-order valence-corrected chi connectivity index (χ0v) is 24.9. The Morgan fingerprint density at radius 1 is 0.844 bits per heavy atom. The summed E-state index contributed by atoms with van der Waals surface area (Å²) in [5, 5.41) is 0.422. The second kappa shape index (κ2) is 8.46. The van der Waals surface area contributed by atoms with Crippen LogP contribution in [0.1, 0.15) is 87.0 Å². The summed E-state index contributed by atoms with van der Waals surface area (Å²) in [6.07, 6.45) is 8.65. The van der Waals surface area contributed by atoms with Crippen LogP contribution in [0.25, 0.3) is 0 Å². The molecule has 0 N–H and O–H groups in total. The molecule has 32 heavy (non-hydrogen) atoms. The molecule has 3 aliphatic carbocycles. The highest BCUT2D eigenvalue weighted by Crippen LogP contribution is 2.59. The maximum atomic E-state index is 12.3. The molecule has 5 atom stereocenters. The summed E-state index contributed by atoms with van der Waals surface area (Å²) >= 11 is 0. The van der Waals surface area contributed by atoms with E-state index in [1.165, 1.54) is 5.57 Å². The maximum absolute atomic E-state index is 12.3. The van der Waals surface area contributed by atoms with Gasteiger partial charge in [0, 0.05) is 18.6 Å². The number of hydrogen-bond acceptors (Lipinski definition) is 3. The molecule has 5 unspecified atom stereocenters. The van der Waals surface area contributed by atoms with E-state index in [2.05, 4.69) is 74.7 Å². The summed E-state index contributed by atoms with van der Waals surface area (Å²) in [5.41, 5.74) is 1.46. The van der Waals surface area contributed by atoms with Gasteiger partial charge >= 0.3 is 0 Å². The van der Waals surface area contributed by atoms with Crippen molar-refractivity contribution in [3.8, 4) is 0 Å². The van der Waals surface area contributed by atoms with Crippen LogP contribution in [0.3, 0.4) is 0 Å². The molecule has 184 valence electrons. The third kappa shape index (κ3) is 4.78. The van der Waals surface area contributed by atoms with Crippen LogP contribution >= 0.6 is 0 Å². The third-order valence-electron chi connectivity index (χ3n) is 10.0. The summed E-state index contributed by atoms with van der Waals surface area (Å²) in [5.74, 6) is 1.30. The van der Waals surface area contributed by atoms with Gasteiger partial charge in [0.2, 0.25) is 0 Å². The first-order valence-electron chi connectivity index (χ1n) is 13.0. The molecule has 2 saturated carbocycles. The highest BCUT2D eigenvalue weighted by Gasteiger charge is 2.57. The lowest BCUT2D eigenvalue weighted by molar-refractivity contribution is -0.120. The maximum Gasteiger partial charge on any atom is 0.192 e. The minimum atomic E-state index is -1.89.